The maximum atomic E-state index is 11.2. The van der Waals surface area contributed by atoms with Crippen LogP contribution in [-0.4, -0.2) is 25.0 Å². The van der Waals surface area contributed by atoms with E-state index in [-0.39, 0.29) is 5.91 Å². The van der Waals surface area contributed by atoms with Crippen molar-refractivity contribution in [1.29, 1.82) is 0 Å². The number of ether oxygens (including phenoxy) is 1. The van der Waals surface area contributed by atoms with Gasteiger partial charge in [-0.1, -0.05) is 12.1 Å². The van der Waals surface area contributed by atoms with Crippen molar-refractivity contribution in [2.24, 2.45) is 5.73 Å². The molecule has 0 radical (unpaired) electrons. The fourth-order valence-electron chi connectivity index (χ4n) is 1.50. The first-order valence-corrected chi connectivity index (χ1v) is 5.22. The highest BCUT2D eigenvalue weighted by Gasteiger charge is 2.16. The van der Waals surface area contributed by atoms with E-state index in [0.717, 1.165) is 5.56 Å². The van der Waals surface area contributed by atoms with Crippen molar-refractivity contribution >= 4 is 11.8 Å². The number of primary amides is 1. The number of carbonyl (C=O) groups is 2. The van der Waals surface area contributed by atoms with E-state index in [1.165, 1.54) is 6.92 Å². The number of methoxy groups -OCH3 is 1. The molecule has 1 atom stereocenters. The summed E-state index contributed by atoms with van der Waals surface area (Å²) < 4.78 is 5.07. The molecule has 0 aliphatic rings. The van der Waals surface area contributed by atoms with Crippen LogP contribution in [-0.2, 0) is 16.0 Å². The molecule has 3 N–H and O–H groups in total. The van der Waals surface area contributed by atoms with E-state index in [0.29, 0.717) is 12.2 Å². The molecule has 0 saturated heterocycles. The summed E-state index contributed by atoms with van der Waals surface area (Å²) >= 11 is 0. The number of benzene rings is 1. The molecule has 2 amide bonds. The highest BCUT2D eigenvalue weighted by Crippen LogP contribution is 2.13. The third-order valence-electron chi connectivity index (χ3n) is 2.29. The average Bonchev–Trinajstić information content (AvgIpc) is 2.27. The quantitative estimate of drug-likeness (QED) is 0.767. The minimum Gasteiger partial charge on any atom is -0.497 e. The fourth-order valence-corrected chi connectivity index (χ4v) is 1.50. The van der Waals surface area contributed by atoms with Crippen LogP contribution in [0.4, 0.5) is 0 Å². The molecule has 0 spiro atoms. The number of nitrogens with one attached hydrogen (secondary N) is 1. The van der Waals surface area contributed by atoms with Gasteiger partial charge in [0.2, 0.25) is 11.8 Å². The standard InChI is InChI=1S/C12H16N2O3/c1-8(15)14-11(12(13)16)7-9-4-3-5-10(6-9)17-2/h3-6,11H,7H2,1-2H3,(H2,13,16)(H,14,15)/t11-/m1/s1. The van der Waals surface area contributed by atoms with Crippen molar-refractivity contribution in [3.8, 4) is 5.75 Å². The minimum absolute atomic E-state index is 0.281. The van der Waals surface area contributed by atoms with Gasteiger partial charge in [0, 0.05) is 13.3 Å². The van der Waals surface area contributed by atoms with Gasteiger partial charge in [-0.05, 0) is 17.7 Å². The predicted molar refractivity (Wildman–Crippen MR) is 63.5 cm³/mol. The van der Waals surface area contributed by atoms with Crippen LogP contribution < -0.4 is 15.8 Å². The van der Waals surface area contributed by atoms with Crippen LogP contribution in [0.15, 0.2) is 24.3 Å². The summed E-state index contributed by atoms with van der Waals surface area (Å²) in [7, 11) is 1.57. The van der Waals surface area contributed by atoms with Crippen molar-refractivity contribution in [3.63, 3.8) is 0 Å². The Hall–Kier alpha value is -2.04. The molecule has 0 bridgehead atoms. The predicted octanol–water partition coefficient (Wildman–Crippen LogP) is 0.228. The molecule has 17 heavy (non-hydrogen) atoms. The lowest BCUT2D eigenvalue weighted by molar-refractivity contribution is -0.126. The van der Waals surface area contributed by atoms with E-state index in [9.17, 15) is 9.59 Å². The summed E-state index contributed by atoms with van der Waals surface area (Å²) in [6, 6.07) is 6.58. The van der Waals surface area contributed by atoms with Gasteiger partial charge >= 0.3 is 0 Å². The van der Waals surface area contributed by atoms with Crippen LogP contribution >= 0.6 is 0 Å². The second-order valence-corrected chi connectivity index (χ2v) is 3.71. The number of nitrogens with two attached hydrogens (primary N) is 1. The monoisotopic (exact) mass is 236 g/mol. The van der Waals surface area contributed by atoms with Gasteiger partial charge in [-0.2, -0.15) is 0 Å². The highest BCUT2D eigenvalue weighted by atomic mass is 16.5. The van der Waals surface area contributed by atoms with Crippen LogP contribution in [0, 0.1) is 0 Å². The van der Waals surface area contributed by atoms with Crippen LogP contribution in [0.5, 0.6) is 5.75 Å². The Morgan fingerprint density at radius 1 is 1.47 bits per heavy atom. The second kappa shape index (κ2) is 5.89. The summed E-state index contributed by atoms with van der Waals surface area (Å²) in [5.41, 5.74) is 6.10. The molecule has 0 aromatic heterocycles. The second-order valence-electron chi connectivity index (χ2n) is 3.71. The van der Waals surface area contributed by atoms with Gasteiger partial charge in [0.05, 0.1) is 7.11 Å². The van der Waals surface area contributed by atoms with E-state index < -0.39 is 11.9 Å². The Bertz CT molecular complexity index is 418. The molecular weight excluding hydrogens is 220 g/mol. The van der Waals surface area contributed by atoms with Crippen LogP contribution in [0.2, 0.25) is 0 Å². The summed E-state index contributed by atoms with van der Waals surface area (Å²) in [5.74, 6) is -0.131. The lowest BCUT2D eigenvalue weighted by Gasteiger charge is -2.14. The third kappa shape index (κ3) is 4.14. The Morgan fingerprint density at radius 2 is 2.18 bits per heavy atom. The van der Waals surface area contributed by atoms with Gasteiger partial charge in [0.1, 0.15) is 11.8 Å². The zero-order chi connectivity index (χ0) is 12.8. The van der Waals surface area contributed by atoms with E-state index >= 15 is 0 Å². The minimum atomic E-state index is -0.695. The molecule has 1 aromatic carbocycles. The summed E-state index contributed by atoms with van der Waals surface area (Å²) in [6.07, 6.45) is 0.353. The van der Waals surface area contributed by atoms with E-state index in [4.69, 9.17) is 10.5 Å². The van der Waals surface area contributed by atoms with Crippen molar-refractivity contribution in [3.05, 3.63) is 29.8 Å². The average molecular weight is 236 g/mol. The first-order chi connectivity index (χ1) is 8.02. The molecule has 0 aliphatic carbocycles. The number of rotatable bonds is 5. The molecule has 0 unspecified atom stereocenters. The molecule has 1 aromatic rings. The summed E-state index contributed by atoms with van der Waals surface area (Å²) in [6.45, 7) is 1.35. The first kappa shape index (κ1) is 13.0. The Balaban J connectivity index is 2.78. The molecule has 5 heteroatoms. The lowest BCUT2D eigenvalue weighted by atomic mass is 10.1. The molecular formula is C12H16N2O3. The molecule has 1 rings (SSSR count). The van der Waals surface area contributed by atoms with E-state index in [1.54, 1.807) is 19.2 Å². The zero-order valence-electron chi connectivity index (χ0n) is 9.90. The topological polar surface area (TPSA) is 81.4 Å². The molecule has 0 saturated carbocycles. The zero-order valence-corrected chi connectivity index (χ0v) is 9.90. The molecule has 92 valence electrons. The first-order valence-electron chi connectivity index (χ1n) is 5.22. The Labute approximate surface area is 99.9 Å². The van der Waals surface area contributed by atoms with Gasteiger partial charge in [0.15, 0.2) is 0 Å². The van der Waals surface area contributed by atoms with Gasteiger partial charge in [-0.25, -0.2) is 0 Å². The maximum Gasteiger partial charge on any atom is 0.240 e. The van der Waals surface area contributed by atoms with Crippen LogP contribution in [0.3, 0.4) is 0 Å². The van der Waals surface area contributed by atoms with Crippen LogP contribution in [0.25, 0.3) is 0 Å². The van der Waals surface area contributed by atoms with Gasteiger partial charge in [-0.15, -0.1) is 0 Å². The van der Waals surface area contributed by atoms with Crippen molar-refractivity contribution in [1.82, 2.24) is 5.32 Å². The van der Waals surface area contributed by atoms with E-state index in [2.05, 4.69) is 5.32 Å². The van der Waals surface area contributed by atoms with Gasteiger partial charge in [-0.3, -0.25) is 9.59 Å². The number of hydrogen-bond donors (Lipinski definition) is 2. The number of hydrogen-bond acceptors (Lipinski definition) is 3. The number of amides is 2. The molecule has 0 heterocycles. The highest BCUT2D eigenvalue weighted by molar-refractivity contribution is 5.85. The smallest absolute Gasteiger partial charge is 0.240 e. The van der Waals surface area contributed by atoms with Crippen molar-refractivity contribution in [2.75, 3.05) is 7.11 Å². The SMILES string of the molecule is COc1cccc(C[C@@H](NC(C)=O)C(N)=O)c1. The van der Waals surface area contributed by atoms with Gasteiger partial charge in [0.25, 0.3) is 0 Å². The molecule has 0 aliphatic heterocycles. The molecule has 5 nitrogen and oxygen atoms in total. The normalized spacial score (nSPS) is 11.6. The van der Waals surface area contributed by atoms with E-state index in [1.807, 2.05) is 12.1 Å². The summed E-state index contributed by atoms with van der Waals surface area (Å²) in [5, 5.41) is 2.51. The summed E-state index contributed by atoms with van der Waals surface area (Å²) in [4.78, 5) is 22.1. The van der Waals surface area contributed by atoms with Crippen molar-refractivity contribution in [2.45, 2.75) is 19.4 Å². The van der Waals surface area contributed by atoms with Crippen LogP contribution in [0.1, 0.15) is 12.5 Å². The third-order valence-corrected chi connectivity index (χ3v) is 2.29. The lowest BCUT2D eigenvalue weighted by Crippen LogP contribution is -2.44. The fraction of sp³-hybridized carbons (Fsp3) is 0.333. The Morgan fingerprint density at radius 3 is 2.71 bits per heavy atom. The van der Waals surface area contributed by atoms with Crippen molar-refractivity contribution < 1.29 is 14.3 Å². The largest absolute Gasteiger partial charge is 0.497 e. The maximum absolute atomic E-state index is 11.2. The van der Waals surface area contributed by atoms with Gasteiger partial charge < -0.3 is 15.8 Å². The Kier molecular flexibility index (Phi) is 4.51. The number of carbonyl (C=O) groups excluding carboxylic acids is 2. The molecule has 0 fully saturated rings.